The molecule has 0 unspecified atom stereocenters. The molecule has 0 saturated heterocycles. The Balaban J connectivity index is 2.15. The highest BCUT2D eigenvalue weighted by Gasteiger charge is 2.16. The van der Waals surface area contributed by atoms with Crippen molar-refractivity contribution in [2.75, 3.05) is 27.2 Å². The lowest BCUT2D eigenvalue weighted by Crippen LogP contribution is -2.26. The van der Waals surface area contributed by atoms with E-state index in [0.717, 1.165) is 28.4 Å². The van der Waals surface area contributed by atoms with Gasteiger partial charge in [0.1, 0.15) is 5.56 Å². The molecule has 6 heteroatoms. The van der Waals surface area contributed by atoms with Gasteiger partial charge in [-0.2, -0.15) is 0 Å². The van der Waals surface area contributed by atoms with E-state index >= 15 is 0 Å². The number of rotatable bonds is 5. The fraction of sp³-hybridized carbons (Fsp3) is 0.294. The van der Waals surface area contributed by atoms with Gasteiger partial charge >= 0.3 is 0 Å². The van der Waals surface area contributed by atoms with E-state index in [1.165, 1.54) is 0 Å². The molecule has 1 aliphatic heterocycles. The highest BCUT2D eigenvalue weighted by molar-refractivity contribution is 5.77. The molecule has 0 saturated carbocycles. The van der Waals surface area contributed by atoms with Gasteiger partial charge in [0.15, 0.2) is 0 Å². The van der Waals surface area contributed by atoms with Gasteiger partial charge < -0.3 is 9.64 Å². The van der Waals surface area contributed by atoms with Crippen LogP contribution in [-0.2, 0) is 0 Å². The number of hydrogen-bond acceptors (Lipinski definition) is 4. The first-order valence-corrected chi connectivity index (χ1v) is 7.57. The van der Waals surface area contributed by atoms with Crippen LogP contribution in [0.25, 0.3) is 11.6 Å². The van der Waals surface area contributed by atoms with E-state index in [0.29, 0.717) is 18.1 Å². The zero-order chi connectivity index (χ0) is 16.4. The van der Waals surface area contributed by atoms with E-state index < -0.39 is 0 Å². The molecule has 0 bridgehead atoms. The Morgan fingerprint density at radius 2 is 2.04 bits per heavy atom. The second kappa shape index (κ2) is 6.26. The predicted molar refractivity (Wildman–Crippen MR) is 89.7 cm³/mol. The Bertz CT molecular complexity index is 919. The minimum atomic E-state index is -0.212. The summed E-state index contributed by atoms with van der Waals surface area (Å²) in [6, 6.07) is 8.01. The largest absolute Gasteiger partial charge is 0.478 e. The molecular formula is C17H20N4O2. The van der Waals surface area contributed by atoms with Crippen LogP contribution in [0.15, 0.2) is 39.7 Å². The van der Waals surface area contributed by atoms with E-state index in [-0.39, 0.29) is 5.56 Å². The molecule has 1 aromatic carbocycles. The maximum Gasteiger partial charge on any atom is 0.275 e. The maximum absolute atomic E-state index is 12.0. The Morgan fingerprint density at radius 3 is 2.78 bits per heavy atom. The lowest BCUT2D eigenvalue weighted by molar-refractivity contribution is 0.325. The number of hydrogen-bond donors (Lipinski definition) is 2. The monoisotopic (exact) mass is 312 g/mol. The Kier molecular flexibility index (Phi) is 4.16. The number of para-hydroxylation sites is 1. The summed E-state index contributed by atoms with van der Waals surface area (Å²) in [6.07, 6.45) is 1.79. The van der Waals surface area contributed by atoms with Crippen LogP contribution in [0.1, 0.15) is 12.5 Å². The van der Waals surface area contributed by atoms with E-state index in [2.05, 4.69) is 26.2 Å². The smallest absolute Gasteiger partial charge is 0.275 e. The third-order valence-electron chi connectivity index (χ3n) is 3.60. The predicted octanol–water partition coefficient (Wildman–Crippen LogP) is 0.488. The van der Waals surface area contributed by atoms with E-state index in [9.17, 15) is 4.79 Å². The minimum Gasteiger partial charge on any atom is -0.478 e. The van der Waals surface area contributed by atoms with Crippen molar-refractivity contribution in [1.82, 2.24) is 15.1 Å². The van der Waals surface area contributed by atoms with Crippen LogP contribution in [0.4, 0.5) is 0 Å². The minimum absolute atomic E-state index is 0.212. The molecule has 2 heterocycles. The van der Waals surface area contributed by atoms with Gasteiger partial charge in [-0.1, -0.05) is 18.2 Å². The molecule has 0 atom stereocenters. The van der Waals surface area contributed by atoms with Crippen LogP contribution >= 0.6 is 0 Å². The number of fused-ring (bicyclic) bond motifs is 1. The first kappa shape index (κ1) is 15.3. The highest BCUT2D eigenvalue weighted by Crippen LogP contribution is 2.21. The van der Waals surface area contributed by atoms with Gasteiger partial charge in [-0.3, -0.25) is 15.0 Å². The highest BCUT2D eigenvalue weighted by atomic mass is 16.5. The summed E-state index contributed by atoms with van der Waals surface area (Å²) in [5.41, 5.74) is 2.16. The standard InChI is InChI=1S/C17H20N4O2/c1-4-23-17-12(16(22)19-20-17)9-15-13(10-21(2)3)11-7-5-6-8-14(11)18-15/h5-9H,4,10H2,1-3H3,(H2,19,20,22). The van der Waals surface area contributed by atoms with Crippen LogP contribution in [0.3, 0.4) is 0 Å². The average Bonchev–Trinajstić information content (AvgIpc) is 3.03. The second-order valence-corrected chi connectivity index (χ2v) is 5.63. The summed E-state index contributed by atoms with van der Waals surface area (Å²) in [5, 5.41) is 7.36. The van der Waals surface area contributed by atoms with Crippen molar-refractivity contribution in [3.63, 3.8) is 0 Å². The van der Waals surface area contributed by atoms with Crippen molar-refractivity contribution in [2.45, 2.75) is 6.92 Å². The van der Waals surface area contributed by atoms with Gasteiger partial charge in [0.2, 0.25) is 5.88 Å². The zero-order valence-corrected chi connectivity index (χ0v) is 13.5. The molecule has 120 valence electrons. The number of aromatic nitrogens is 2. The van der Waals surface area contributed by atoms with E-state index in [4.69, 9.17) is 4.74 Å². The van der Waals surface area contributed by atoms with Crippen LogP contribution in [-0.4, -0.2) is 42.3 Å². The Labute approximate surface area is 133 Å². The SMILES string of the molecule is CCOc1[nH][nH]c(=O)c1C=C1N=c2ccccc2=C1CN(C)C. The van der Waals surface area contributed by atoms with Crippen molar-refractivity contribution in [3.05, 3.63) is 56.5 Å². The number of benzene rings is 1. The molecule has 2 aromatic rings. The summed E-state index contributed by atoms with van der Waals surface area (Å²) in [4.78, 5) is 18.8. The molecule has 2 N–H and O–H groups in total. The molecule has 0 amide bonds. The number of nitrogens with zero attached hydrogens (tertiary/aromatic N) is 2. The van der Waals surface area contributed by atoms with Crippen LogP contribution in [0.2, 0.25) is 0 Å². The van der Waals surface area contributed by atoms with Gasteiger partial charge in [-0.05, 0) is 33.2 Å². The molecule has 6 nitrogen and oxygen atoms in total. The van der Waals surface area contributed by atoms with Gasteiger partial charge in [0.05, 0.1) is 17.7 Å². The summed E-state index contributed by atoms with van der Waals surface area (Å²) < 4.78 is 5.47. The molecule has 1 aromatic heterocycles. The first-order chi connectivity index (χ1) is 11.1. The molecular weight excluding hydrogens is 292 g/mol. The second-order valence-electron chi connectivity index (χ2n) is 5.63. The van der Waals surface area contributed by atoms with E-state index in [1.54, 1.807) is 6.08 Å². The van der Waals surface area contributed by atoms with Crippen LogP contribution in [0.5, 0.6) is 5.88 Å². The third kappa shape index (κ3) is 2.98. The first-order valence-electron chi connectivity index (χ1n) is 7.57. The van der Waals surface area contributed by atoms with Crippen LogP contribution < -0.4 is 20.9 Å². The molecule has 0 fully saturated rings. The average molecular weight is 312 g/mol. The number of H-pyrrole nitrogens is 2. The fourth-order valence-electron chi connectivity index (χ4n) is 2.64. The fourth-order valence-corrected chi connectivity index (χ4v) is 2.64. The quantitative estimate of drug-likeness (QED) is 0.844. The van der Waals surface area contributed by atoms with Gasteiger partial charge in [-0.25, -0.2) is 4.99 Å². The van der Waals surface area contributed by atoms with Crippen molar-refractivity contribution >= 4 is 11.6 Å². The Morgan fingerprint density at radius 1 is 1.26 bits per heavy atom. The zero-order valence-electron chi connectivity index (χ0n) is 13.5. The summed E-state index contributed by atoms with van der Waals surface area (Å²) in [6.45, 7) is 3.11. The molecule has 0 radical (unpaired) electrons. The summed E-state index contributed by atoms with van der Waals surface area (Å²) in [7, 11) is 4.03. The lowest BCUT2D eigenvalue weighted by Gasteiger charge is -2.11. The molecule has 0 aliphatic carbocycles. The lowest BCUT2D eigenvalue weighted by atomic mass is 10.1. The van der Waals surface area contributed by atoms with Gasteiger partial charge in [-0.15, -0.1) is 0 Å². The van der Waals surface area contributed by atoms with Crippen molar-refractivity contribution < 1.29 is 4.74 Å². The van der Waals surface area contributed by atoms with Crippen molar-refractivity contribution in [1.29, 1.82) is 0 Å². The maximum atomic E-state index is 12.0. The van der Waals surface area contributed by atoms with E-state index in [1.807, 2.05) is 39.2 Å². The number of nitrogens with one attached hydrogen (secondary N) is 2. The number of ether oxygens (including phenoxy) is 1. The molecule has 1 aliphatic rings. The van der Waals surface area contributed by atoms with Crippen LogP contribution in [0, 0.1) is 0 Å². The molecule has 3 rings (SSSR count). The summed E-state index contributed by atoms with van der Waals surface area (Å²) >= 11 is 0. The molecule has 0 spiro atoms. The number of aromatic amines is 2. The normalized spacial score (nSPS) is 15.1. The van der Waals surface area contributed by atoms with Gasteiger partial charge in [0, 0.05) is 17.3 Å². The Hall–Kier alpha value is -2.60. The van der Waals surface area contributed by atoms with Crippen molar-refractivity contribution in [2.24, 2.45) is 4.99 Å². The molecule has 23 heavy (non-hydrogen) atoms. The summed E-state index contributed by atoms with van der Waals surface area (Å²) in [5.74, 6) is 0.445. The third-order valence-corrected chi connectivity index (χ3v) is 3.60. The topological polar surface area (TPSA) is 73.5 Å². The van der Waals surface area contributed by atoms with Gasteiger partial charge in [0.25, 0.3) is 5.56 Å². The van der Waals surface area contributed by atoms with Crippen molar-refractivity contribution in [3.8, 4) is 5.88 Å².